The van der Waals surface area contributed by atoms with E-state index in [0.29, 0.717) is 23.1 Å². The average Bonchev–Trinajstić information content (AvgIpc) is 2.91. The molecule has 1 aliphatic rings. The van der Waals surface area contributed by atoms with Gasteiger partial charge in [0.2, 0.25) is 3.79 Å². The fourth-order valence-electron chi connectivity index (χ4n) is 3.19. The first-order valence-corrected chi connectivity index (χ1v) is 12.9. The predicted octanol–water partition coefficient (Wildman–Crippen LogP) is 3.95. The number of ether oxygens (including phenoxy) is 3. The average molecular weight is 601 g/mol. The van der Waals surface area contributed by atoms with Gasteiger partial charge in [-0.1, -0.05) is 83.3 Å². The zero-order valence-corrected chi connectivity index (χ0v) is 22.5. The summed E-state index contributed by atoms with van der Waals surface area (Å²) in [6.45, 7) is 6.34. The molecule has 0 radical (unpaired) electrons. The topological polar surface area (TPSA) is 116 Å². The minimum Gasteiger partial charge on any atom is -0.484 e. The second-order valence-electron chi connectivity index (χ2n) is 7.65. The summed E-state index contributed by atoms with van der Waals surface area (Å²) in [5.74, 6) is -2.02. The van der Waals surface area contributed by atoms with Gasteiger partial charge >= 0.3 is 17.4 Å². The summed E-state index contributed by atoms with van der Waals surface area (Å²) in [7, 11) is 0. The van der Waals surface area contributed by atoms with Crippen molar-refractivity contribution in [2.45, 2.75) is 28.0 Å². The molecule has 1 N–H and O–H groups in total. The van der Waals surface area contributed by atoms with E-state index in [1.54, 1.807) is 60.7 Å². The second kappa shape index (κ2) is 13.6. The van der Waals surface area contributed by atoms with E-state index in [1.807, 2.05) is 0 Å². The molecule has 0 aromatic heterocycles. The van der Waals surface area contributed by atoms with Gasteiger partial charge in [-0.25, -0.2) is 21.1 Å². The third-order valence-corrected chi connectivity index (χ3v) is 6.28. The maximum Gasteiger partial charge on any atom is 0.414 e. The molecule has 10 nitrogen and oxygen atoms in total. The van der Waals surface area contributed by atoms with Crippen molar-refractivity contribution in [3.63, 3.8) is 0 Å². The highest BCUT2D eigenvalue weighted by Gasteiger charge is 2.58. The Morgan fingerprint density at radius 3 is 2.29 bits per heavy atom. The van der Waals surface area contributed by atoms with Gasteiger partial charge in [-0.2, -0.15) is 0 Å². The first kappa shape index (κ1) is 29.4. The number of esters is 1. The zero-order valence-electron chi connectivity index (χ0n) is 19.4. The number of halogens is 3. The first-order valence-electron chi connectivity index (χ1n) is 10.9. The van der Waals surface area contributed by atoms with E-state index >= 15 is 0 Å². The molecule has 1 aliphatic heterocycles. The Labute approximate surface area is 237 Å². The molecular formula is C24H20Cl3N3O7S. The number of para-hydroxylation sites is 1. The Hall–Kier alpha value is -3.17. The lowest BCUT2D eigenvalue weighted by Gasteiger charge is -2.44. The van der Waals surface area contributed by atoms with E-state index < -0.39 is 57.7 Å². The molecule has 14 heteroatoms. The molecule has 2 amide bonds. The van der Waals surface area contributed by atoms with Gasteiger partial charge in [0.15, 0.2) is 6.61 Å². The molecule has 0 saturated carbocycles. The van der Waals surface area contributed by atoms with E-state index in [2.05, 4.69) is 10.2 Å². The summed E-state index contributed by atoms with van der Waals surface area (Å²) in [6, 6.07) is 16.0. The van der Waals surface area contributed by atoms with Gasteiger partial charge in [-0.3, -0.25) is 14.4 Å². The molecule has 3 atom stereocenters. The largest absolute Gasteiger partial charge is 0.484 e. The fourth-order valence-corrected chi connectivity index (χ4v) is 4.33. The smallest absolute Gasteiger partial charge is 0.414 e. The molecule has 3 rings (SSSR count). The molecule has 2 aromatic rings. The van der Waals surface area contributed by atoms with Gasteiger partial charge < -0.3 is 19.5 Å². The van der Waals surface area contributed by atoms with Crippen molar-refractivity contribution >= 4 is 69.6 Å². The lowest BCUT2D eigenvalue weighted by atomic mass is 10.1. The maximum absolute atomic E-state index is 13.0. The van der Waals surface area contributed by atoms with Gasteiger partial charge in [-0.15, -0.1) is 0 Å². The lowest BCUT2D eigenvalue weighted by molar-refractivity contribution is -0.163. The van der Waals surface area contributed by atoms with Crippen LogP contribution in [-0.4, -0.2) is 62.6 Å². The van der Waals surface area contributed by atoms with E-state index in [1.165, 1.54) is 0 Å². The van der Waals surface area contributed by atoms with Crippen molar-refractivity contribution in [1.82, 2.24) is 10.2 Å². The normalized spacial score (nSPS) is 17.4. The third-order valence-electron chi connectivity index (χ3n) is 4.90. The van der Waals surface area contributed by atoms with Crippen LogP contribution in [0.4, 0.5) is 4.79 Å². The Morgan fingerprint density at radius 2 is 1.68 bits per heavy atom. The molecule has 200 valence electrons. The van der Waals surface area contributed by atoms with Crippen molar-refractivity contribution in [2.75, 3.05) is 13.2 Å². The second-order valence-corrected chi connectivity index (χ2v) is 11.2. The standard InChI is InChI=1S/C24H20Cl3N3O7S/c1-28-19(22(33)36-12-15-8-4-2-5-9-15)30-20(32)18(21(30)38-23(34)37-14-24(25,26)27)29-17(31)13-35-16-10-6-3-7-11-16/h2-11,18-19,21H,12-14H2,(H,29,31). The van der Waals surface area contributed by atoms with Gasteiger partial charge in [0.25, 0.3) is 11.8 Å². The fraction of sp³-hybridized carbons (Fsp3) is 0.292. The summed E-state index contributed by atoms with van der Waals surface area (Å²) < 4.78 is 13.6. The molecule has 1 heterocycles. The number of carbonyl (C=O) groups is 4. The molecule has 0 bridgehead atoms. The van der Waals surface area contributed by atoms with E-state index in [-0.39, 0.29) is 6.61 Å². The van der Waals surface area contributed by atoms with Crippen molar-refractivity contribution in [3.8, 4) is 5.75 Å². The van der Waals surface area contributed by atoms with Gasteiger partial charge in [-0.05, 0) is 29.5 Å². The highest BCUT2D eigenvalue weighted by atomic mass is 35.6. The van der Waals surface area contributed by atoms with Gasteiger partial charge in [0.05, 0.1) is 0 Å². The Bertz CT molecular complexity index is 1190. The minimum absolute atomic E-state index is 0.131. The third kappa shape index (κ3) is 8.43. The van der Waals surface area contributed by atoms with Crippen molar-refractivity contribution in [1.29, 1.82) is 0 Å². The van der Waals surface area contributed by atoms with Crippen LogP contribution in [-0.2, 0) is 30.5 Å². The van der Waals surface area contributed by atoms with Crippen LogP contribution in [0.15, 0.2) is 60.7 Å². The maximum atomic E-state index is 13.0. The number of likely N-dealkylation sites (tertiary alicyclic amines) is 1. The summed E-state index contributed by atoms with van der Waals surface area (Å²) in [5, 5.41) is 0.309. The van der Waals surface area contributed by atoms with Crippen LogP contribution in [0.25, 0.3) is 4.85 Å². The number of thioether (sulfide) groups is 1. The van der Waals surface area contributed by atoms with Crippen LogP contribution in [0, 0.1) is 6.57 Å². The summed E-state index contributed by atoms with van der Waals surface area (Å²) in [4.78, 5) is 54.5. The number of hydrogen-bond donors (Lipinski definition) is 1. The zero-order chi connectivity index (χ0) is 27.7. The monoisotopic (exact) mass is 599 g/mol. The number of amides is 2. The highest BCUT2D eigenvalue weighted by Crippen LogP contribution is 2.35. The first-order chi connectivity index (χ1) is 18.1. The summed E-state index contributed by atoms with van der Waals surface area (Å²) in [5.41, 5.74) is 0.671. The number of nitrogens with zero attached hydrogens (tertiary/aromatic N) is 2. The van der Waals surface area contributed by atoms with Gasteiger partial charge in [0, 0.05) is 0 Å². The minimum atomic E-state index is -1.88. The van der Waals surface area contributed by atoms with E-state index in [0.717, 1.165) is 4.90 Å². The summed E-state index contributed by atoms with van der Waals surface area (Å²) >= 11 is 17.3. The Morgan fingerprint density at radius 1 is 1.05 bits per heavy atom. The SMILES string of the molecule is [C-]#[N+]C(C(=O)OCc1ccccc1)N1C(=O)C(NC(=O)COc2ccccc2)C1SC(=O)OCC(Cl)(Cl)Cl. The predicted molar refractivity (Wildman–Crippen MR) is 140 cm³/mol. The van der Waals surface area contributed by atoms with Crippen molar-refractivity contribution in [2.24, 2.45) is 0 Å². The molecule has 3 unspecified atom stereocenters. The molecule has 2 aromatic carbocycles. The van der Waals surface area contributed by atoms with Crippen LogP contribution in [0.5, 0.6) is 5.75 Å². The molecule has 0 aliphatic carbocycles. The number of benzene rings is 2. The number of β-lactam (4-membered cyclic amide) rings is 1. The number of nitrogens with one attached hydrogen (secondary N) is 1. The molecular weight excluding hydrogens is 581 g/mol. The van der Waals surface area contributed by atoms with Crippen molar-refractivity contribution in [3.05, 3.63) is 77.6 Å². The Balaban J connectivity index is 1.69. The van der Waals surface area contributed by atoms with Crippen LogP contribution in [0.3, 0.4) is 0 Å². The molecule has 0 spiro atoms. The molecule has 1 fully saturated rings. The van der Waals surface area contributed by atoms with Crippen molar-refractivity contribution < 1.29 is 33.4 Å². The number of alkyl halides is 3. The Kier molecular flexibility index (Phi) is 10.5. The highest BCUT2D eigenvalue weighted by molar-refractivity contribution is 8.13. The van der Waals surface area contributed by atoms with Crippen LogP contribution < -0.4 is 10.1 Å². The summed E-state index contributed by atoms with van der Waals surface area (Å²) in [6.07, 6.45) is -1.71. The molecule has 38 heavy (non-hydrogen) atoms. The lowest BCUT2D eigenvalue weighted by Crippen LogP contribution is -2.72. The van der Waals surface area contributed by atoms with Crippen LogP contribution in [0.2, 0.25) is 0 Å². The number of rotatable bonds is 10. The number of carbonyl (C=O) groups excluding carboxylic acids is 4. The van der Waals surface area contributed by atoms with E-state index in [9.17, 15) is 19.2 Å². The van der Waals surface area contributed by atoms with Crippen LogP contribution >= 0.6 is 46.6 Å². The van der Waals surface area contributed by atoms with Gasteiger partial charge in [0.1, 0.15) is 30.4 Å². The number of hydrogen-bond acceptors (Lipinski definition) is 8. The van der Waals surface area contributed by atoms with E-state index in [4.69, 9.17) is 55.6 Å². The molecule has 1 saturated heterocycles. The quantitative estimate of drug-likeness (QED) is 0.189. The van der Waals surface area contributed by atoms with Crippen LogP contribution in [0.1, 0.15) is 5.56 Å².